The molecule has 0 bridgehead atoms. The maximum atomic E-state index is 12.5. The summed E-state index contributed by atoms with van der Waals surface area (Å²) in [6.07, 6.45) is 7.55. The summed E-state index contributed by atoms with van der Waals surface area (Å²) in [6, 6.07) is 2.41. The number of nitrogens with zero attached hydrogens (tertiary/aromatic N) is 3. The molecule has 2 amide bonds. The van der Waals surface area contributed by atoms with E-state index in [0.29, 0.717) is 6.04 Å². The van der Waals surface area contributed by atoms with Gasteiger partial charge in [-0.05, 0) is 38.5 Å². The molecular formula is C15H24N4O. The minimum atomic E-state index is 0.0439. The van der Waals surface area contributed by atoms with Crippen LogP contribution in [0.25, 0.3) is 0 Å². The molecule has 3 rings (SSSR count). The number of hydrogen-bond donors (Lipinski definition) is 1. The van der Waals surface area contributed by atoms with Gasteiger partial charge in [0.25, 0.3) is 0 Å². The molecule has 0 radical (unpaired) electrons. The first-order valence-electron chi connectivity index (χ1n) is 7.73. The predicted octanol–water partition coefficient (Wildman–Crippen LogP) is 2.92. The van der Waals surface area contributed by atoms with Gasteiger partial charge in [-0.3, -0.25) is 10.00 Å². The molecule has 1 saturated heterocycles. The van der Waals surface area contributed by atoms with Crippen molar-refractivity contribution in [3.05, 3.63) is 11.8 Å². The third kappa shape index (κ3) is 2.53. The maximum absolute atomic E-state index is 12.5. The van der Waals surface area contributed by atoms with E-state index in [1.807, 2.05) is 20.0 Å². The second kappa shape index (κ2) is 5.46. The molecule has 1 atom stereocenters. The van der Waals surface area contributed by atoms with Gasteiger partial charge in [0.1, 0.15) is 5.82 Å². The lowest BCUT2D eigenvalue weighted by Crippen LogP contribution is -2.42. The van der Waals surface area contributed by atoms with Crippen molar-refractivity contribution >= 4 is 11.8 Å². The first-order chi connectivity index (χ1) is 9.65. The number of carbonyl (C=O) groups excluding carboxylic acids is 1. The molecule has 20 heavy (non-hydrogen) atoms. The van der Waals surface area contributed by atoms with E-state index in [9.17, 15) is 4.79 Å². The standard InChI is InChI=1S/C15H24N4O/c1-11-10-14(18(2)17-11)16-15(20)19-9-5-8-13(19)12-6-3-4-7-12/h10,12-13H,3-9H2,1-2H3,(H,16,20). The van der Waals surface area contributed by atoms with Crippen LogP contribution in [0.5, 0.6) is 0 Å². The van der Waals surface area contributed by atoms with E-state index in [-0.39, 0.29) is 6.03 Å². The lowest BCUT2D eigenvalue weighted by atomic mass is 9.96. The van der Waals surface area contributed by atoms with Crippen LogP contribution < -0.4 is 5.32 Å². The van der Waals surface area contributed by atoms with Crippen molar-refractivity contribution in [1.82, 2.24) is 14.7 Å². The molecule has 0 spiro atoms. The number of nitrogens with one attached hydrogen (secondary N) is 1. The Morgan fingerprint density at radius 1 is 1.30 bits per heavy atom. The van der Waals surface area contributed by atoms with E-state index < -0.39 is 0 Å². The van der Waals surface area contributed by atoms with Crippen LogP contribution >= 0.6 is 0 Å². The average Bonchev–Trinajstić information content (AvgIpc) is 3.11. The largest absolute Gasteiger partial charge is 0.323 e. The zero-order valence-corrected chi connectivity index (χ0v) is 12.4. The van der Waals surface area contributed by atoms with Crippen molar-refractivity contribution < 1.29 is 4.79 Å². The second-order valence-electron chi connectivity index (χ2n) is 6.17. The summed E-state index contributed by atoms with van der Waals surface area (Å²) in [5.74, 6) is 1.50. The molecule has 1 saturated carbocycles. The Kier molecular flexibility index (Phi) is 3.68. The predicted molar refractivity (Wildman–Crippen MR) is 78.6 cm³/mol. The number of urea groups is 1. The Hall–Kier alpha value is -1.52. The summed E-state index contributed by atoms with van der Waals surface area (Å²) >= 11 is 0. The van der Waals surface area contributed by atoms with Gasteiger partial charge in [0.2, 0.25) is 0 Å². The molecule has 5 heteroatoms. The topological polar surface area (TPSA) is 50.2 Å². The monoisotopic (exact) mass is 276 g/mol. The van der Waals surface area contributed by atoms with Crippen LogP contribution in [0, 0.1) is 12.8 Å². The smallest absolute Gasteiger partial charge is 0.321 e. The summed E-state index contributed by atoms with van der Waals surface area (Å²) in [6.45, 7) is 2.83. The van der Waals surface area contributed by atoms with Gasteiger partial charge >= 0.3 is 6.03 Å². The van der Waals surface area contributed by atoms with Crippen LogP contribution in [0.15, 0.2) is 6.07 Å². The molecule has 1 aliphatic carbocycles. The fourth-order valence-corrected chi connectivity index (χ4v) is 3.79. The van der Waals surface area contributed by atoms with Gasteiger partial charge in [-0.25, -0.2) is 4.79 Å². The van der Waals surface area contributed by atoms with E-state index in [0.717, 1.165) is 30.4 Å². The normalized spacial score (nSPS) is 23.5. The first-order valence-corrected chi connectivity index (χ1v) is 7.73. The summed E-state index contributed by atoms with van der Waals surface area (Å²) in [5, 5.41) is 7.28. The van der Waals surface area contributed by atoms with E-state index in [2.05, 4.69) is 15.3 Å². The Morgan fingerprint density at radius 2 is 2.05 bits per heavy atom. The number of amides is 2. The quantitative estimate of drug-likeness (QED) is 0.903. The molecule has 1 aromatic heterocycles. The summed E-state index contributed by atoms with van der Waals surface area (Å²) < 4.78 is 1.73. The molecule has 1 aliphatic heterocycles. The van der Waals surface area contributed by atoms with Crippen molar-refractivity contribution in [3.63, 3.8) is 0 Å². The molecule has 110 valence electrons. The molecule has 0 aromatic carbocycles. The maximum Gasteiger partial charge on any atom is 0.323 e. The van der Waals surface area contributed by atoms with Crippen LogP contribution in [0.3, 0.4) is 0 Å². The fraction of sp³-hybridized carbons (Fsp3) is 0.733. The molecule has 1 N–H and O–H groups in total. The van der Waals surface area contributed by atoms with Gasteiger partial charge in [0.15, 0.2) is 0 Å². The Morgan fingerprint density at radius 3 is 2.70 bits per heavy atom. The van der Waals surface area contributed by atoms with E-state index in [4.69, 9.17) is 0 Å². The summed E-state index contributed by atoms with van der Waals surface area (Å²) in [7, 11) is 1.86. The molecule has 1 unspecified atom stereocenters. The number of aromatic nitrogens is 2. The molecule has 2 aliphatic rings. The first kappa shape index (κ1) is 13.5. The zero-order valence-electron chi connectivity index (χ0n) is 12.4. The summed E-state index contributed by atoms with van der Waals surface area (Å²) in [4.78, 5) is 14.6. The fourth-order valence-electron chi connectivity index (χ4n) is 3.79. The zero-order chi connectivity index (χ0) is 14.1. The van der Waals surface area contributed by atoms with Crippen LogP contribution in [0.1, 0.15) is 44.2 Å². The van der Waals surface area contributed by atoms with Gasteiger partial charge < -0.3 is 4.90 Å². The molecule has 1 aromatic rings. The number of anilines is 1. The van der Waals surface area contributed by atoms with Crippen molar-refractivity contribution in [1.29, 1.82) is 0 Å². The minimum Gasteiger partial charge on any atom is -0.321 e. The van der Waals surface area contributed by atoms with Crippen LogP contribution in [0.4, 0.5) is 10.6 Å². The van der Waals surface area contributed by atoms with Gasteiger partial charge in [0, 0.05) is 25.7 Å². The van der Waals surface area contributed by atoms with E-state index in [1.54, 1.807) is 4.68 Å². The van der Waals surface area contributed by atoms with Crippen molar-refractivity contribution in [3.8, 4) is 0 Å². The number of likely N-dealkylation sites (tertiary alicyclic amines) is 1. The molecule has 2 fully saturated rings. The Labute approximate surface area is 120 Å². The van der Waals surface area contributed by atoms with Gasteiger partial charge in [-0.2, -0.15) is 5.10 Å². The Bertz CT molecular complexity index is 490. The third-order valence-electron chi connectivity index (χ3n) is 4.74. The molecule has 5 nitrogen and oxygen atoms in total. The lowest BCUT2D eigenvalue weighted by molar-refractivity contribution is 0.185. The average molecular weight is 276 g/mol. The molecule has 2 heterocycles. The number of hydrogen-bond acceptors (Lipinski definition) is 2. The summed E-state index contributed by atoms with van der Waals surface area (Å²) in [5.41, 5.74) is 0.927. The van der Waals surface area contributed by atoms with Crippen molar-refractivity contribution in [2.24, 2.45) is 13.0 Å². The van der Waals surface area contributed by atoms with Crippen LogP contribution in [-0.4, -0.2) is 33.3 Å². The highest BCUT2D eigenvalue weighted by Crippen LogP contribution is 2.35. The second-order valence-corrected chi connectivity index (χ2v) is 6.17. The van der Waals surface area contributed by atoms with Crippen LogP contribution in [0.2, 0.25) is 0 Å². The highest BCUT2D eigenvalue weighted by Gasteiger charge is 2.36. The minimum absolute atomic E-state index is 0.0439. The van der Waals surface area contributed by atoms with Crippen molar-refractivity contribution in [2.75, 3.05) is 11.9 Å². The third-order valence-corrected chi connectivity index (χ3v) is 4.74. The number of rotatable bonds is 2. The number of carbonyl (C=O) groups is 1. The van der Waals surface area contributed by atoms with E-state index >= 15 is 0 Å². The SMILES string of the molecule is Cc1cc(NC(=O)N2CCCC2C2CCCC2)n(C)n1. The van der Waals surface area contributed by atoms with Gasteiger partial charge in [-0.1, -0.05) is 12.8 Å². The molecular weight excluding hydrogens is 252 g/mol. The lowest BCUT2D eigenvalue weighted by Gasteiger charge is -2.29. The Balaban J connectivity index is 1.68. The van der Waals surface area contributed by atoms with E-state index in [1.165, 1.54) is 32.1 Å². The number of aryl methyl sites for hydroxylation is 2. The highest BCUT2D eigenvalue weighted by molar-refractivity contribution is 5.88. The highest BCUT2D eigenvalue weighted by atomic mass is 16.2. The van der Waals surface area contributed by atoms with Gasteiger partial charge in [-0.15, -0.1) is 0 Å². The van der Waals surface area contributed by atoms with Crippen LogP contribution in [-0.2, 0) is 7.05 Å². The van der Waals surface area contributed by atoms with Crippen molar-refractivity contribution in [2.45, 2.75) is 51.5 Å². The van der Waals surface area contributed by atoms with Gasteiger partial charge in [0.05, 0.1) is 5.69 Å².